The second-order valence-electron chi connectivity index (χ2n) is 5.37. The minimum Gasteiger partial charge on any atom is -0.481 e. The first-order chi connectivity index (χ1) is 10.8. The molecule has 0 atom stereocenters. The van der Waals surface area contributed by atoms with E-state index in [0.29, 0.717) is 0 Å². The van der Waals surface area contributed by atoms with Crippen molar-refractivity contribution in [2.75, 3.05) is 0 Å². The molecule has 0 aromatic carbocycles. The van der Waals surface area contributed by atoms with E-state index in [4.69, 9.17) is 5.11 Å². The number of carbonyl (C=O) groups is 1. The van der Waals surface area contributed by atoms with Crippen LogP contribution in [0.2, 0.25) is 0 Å². The summed E-state index contributed by atoms with van der Waals surface area (Å²) < 4.78 is 0. The molecular formula is C20H32O2. The number of carboxylic acid groups (broad SMARTS) is 1. The molecule has 0 aliphatic heterocycles. The highest BCUT2D eigenvalue weighted by Gasteiger charge is 1.92. The minimum absolute atomic E-state index is 0.262. The molecule has 0 aromatic heterocycles. The van der Waals surface area contributed by atoms with Gasteiger partial charge in [-0.15, -0.1) is 0 Å². The molecule has 1 N–H and O–H groups in total. The fourth-order valence-corrected chi connectivity index (χ4v) is 1.93. The predicted molar refractivity (Wildman–Crippen MR) is 96.0 cm³/mol. The summed E-state index contributed by atoms with van der Waals surface area (Å²) in [6.45, 7) is 2.23. The van der Waals surface area contributed by atoms with Crippen molar-refractivity contribution >= 4 is 5.97 Å². The molecule has 22 heavy (non-hydrogen) atoms. The number of unbranched alkanes of at least 4 members (excludes halogenated alkanes) is 4. The van der Waals surface area contributed by atoms with Gasteiger partial charge in [-0.25, -0.2) is 0 Å². The normalized spacial score (nSPS) is 12.4. The minimum atomic E-state index is -0.712. The number of aliphatic carboxylic acids is 1. The van der Waals surface area contributed by atoms with E-state index in [1.54, 1.807) is 0 Å². The van der Waals surface area contributed by atoms with Gasteiger partial charge in [-0.05, 0) is 44.9 Å². The lowest BCUT2D eigenvalue weighted by Crippen LogP contribution is -1.92. The first-order valence-electron chi connectivity index (χ1n) is 8.59. The van der Waals surface area contributed by atoms with Gasteiger partial charge in [0.25, 0.3) is 0 Å². The van der Waals surface area contributed by atoms with E-state index in [-0.39, 0.29) is 6.42 Å². The molecule has 0 bridgehead atoms. The molecule has 0 rings (SSSR count). The van der Waals surface area contributed by atoms with E-state index >= 15 is 0 Å². The number of rotatable bonds is 14. The second kappa shape index (κ2) is 17.5. The highest BCUT2D eigenvalue weighted by Crippen LogP contribution is 2.01. The molecule has 0 fully saturated rings. The zero-order valence-corrected chi connectivity index (χ0v) is 14.0. The van der Waals surface area contributed by atoms with Crippen LogP contribution in [0.1, 0.15) is 71.1 Å². The Balaban J connectivity index is 3.40. The summed E-state index contributed by atoms with van der Waals surface area (Å²) in [5, 5.41) is 8.49. The third-order valence-electron chi connectivity index (χ3n) is 3.22. The summed E-state index contributed by atoms with van der Waals surface area (Å²) in [4.78, 5) is 10.3. The molecule has 2 heteroatoms. The maximum absolute atomic E-state index is 10.3. The molecule has 0 aromatic rings. The zero-order chi connectivity index (χ0) is 16.3. The van der Waals surface area contributed by atoms with Gasteiger partial charge < -0.3 is 5.11 Å². The lowest BCUT2D eigenvalue weighted by Gasteiger charge is -1.90. The molecule has 0 saturated heterocycles. The highest BCUT2D eigenvalue weighted by atomic mass is 16.5. The maximum atomic E-state index is 10.3. The van der Waals surface area contributed by atoms with Crippen molar-refractivity contribution in [3.05, 3.63) is 48.6 Å². The van der Waals surface area contributed by atoms with Crippen LogP contribution in [0.15, 0.2) is 48.6 Å². The van der Waals surface area contributed by atoms with Crippen LogP contribution in [0, 0.1) is 0 Å². The van der Waals surface area contributed by atoms with E-state index in [2.05, 4.69) is 55.5 Å². The van der Waals surface area contributed by atoms with Crippen LogP contribution < -0.4 is 0 Å². The Bertz CT molecular complexity index is 362. The van der Waals surface area contributed by atoms with Gasteiger partial charge in [-0.1, -0.05) is 68.4 Å². The van der Waals surface area contributed by atoms with Crippen molar-refractivity contribution in [3.63, 3.8) is 0 Å². The lowest BCUT2D eigenvalue weighted by molar-refractivity contribution is -0.137. The van der Waals surface area contributed by atoms with E-state index in [0.717, 1.165) is 32.1 Å². The number of hydrogen-bond donors (Lipinski definition) is 1. The summed E-state index contributed by atoms with van der Waals surface area (Å²) in [6, 6.07) is 0. The van der Waals surface area contributed by atoms with E-state index in [1.807, 2.05) is 0 Å². The molecule has 2 nitrogen and oxygen atoms in total. The molecule has 0 aliphatic rings. The Hall–Kier alpha value is -1.57. The lowest BCUT2D eigenvalue weighted by atomic mass is 10.2. The van der Waals surface area contributed by atoms with Crippen LogP contribution in [0.5, 0.6) is 0 Å². The van der Waals surface area contributed by atoms with Crippen LogP contribution in [0.4, 0.5) is 0 Å². The first kappa shape index (κ1) is 20.4. The molecule has 0 heterocycles. The Morgan fingerprint density at radius 3 is 1.64 bits per heavy atom. The van der Waals surface area contributed by atoms with Crippen LogP contribution in [0.25, 0.3) is 0 Å². The fourth-order valence-electron chi connectivity index (χ4n) is 1.93. The monoisotopic (exact) mass is 309 g/mol. The fraction of sp³-hybridized carbons (Fsp3) is 0.550. The van der Waals surface area contributed by atoms with Crippen molar-refractivity contribution in [1.82, 2.24) is 0 Å². The number of allylic oxidation sites excluding steroid dienone is 8. The van der Waals surface area contributed by atoms with Crippen molar-refractivity contribution in [2.45, 2.75) is 71.1 Å². The van der Waals surface area contributed by atoms with Gasteiger partial charge in [-0.2, -0.15) is 0 Å². The number of hydrogen-bond acceptors (Lipinski definition) is 1. The summed E-state index contributed by atoms with van der Waals surface area (Å²) in [5.74, 6) is -0.712. The van der Waals surface area contributed by atoms with Crippen LogP contribution in [-0.2, 0) is 4.79 Å². The van der Waals surface area contributed by atoms with Crippen LogP contribution >= 0.6 is 0 Å². The molecule has 0 saturated carbocycles. The van der Waals surface area contributed by atoms with Gasteiger partial charge in [0.2, 0.25) is 0 Å². The summed E-state index contributed by atoms with van der Waals surface area (Å²) in [7, 11) is 0. The Morgan fingerprint density at radius 2 is 1.18 bits per heavy atom. The second-order valence-corrected chi connectivity index (χ2v) is 5.37. The van der Waals surface area contributed by atoms with E-state index < -0.39 is 5.97 Å². The van der Waals surface area contributed by atoms with Gasteiger partial charge >= 0.3 is 5.97 Å². The smallest absolute Gasteiger partial charge is 0.303 e. The Morgan fingerprint density at radius 1 is 0.727 bits per heavy atom. The number of carboxylic acids is 1. The first-order valence-corrected chi connectivity index (χ1v) is 8.59. The van der Waals surface area contributed by atoms with E-state index in [9.17, 15) is 4.79 Å². The average Bonchev–Trinajstić information content (AvgIpc) is 2.50. The van der Waals surface area contributed by atoms with Gasteiger partial charge in [0, 0.05) is 6.42 Å². The standard InChI is InChI=1S/C20H32O2/c1-2-3-4-5-6-7-8-9-10-11-12-13-14-15-16-17-18-19-20(21)22/h6-7,9-10,12-13,15-16H,2-5,8,11,14,17-19H2,1H3,(H,21,22)/b7-6-,10-9-,13-12-,16-15-/i16+1,17+1,18+1,19+1,20+1. The predicted octanol–water partition coefficient (Wildman–Crippen LogP) is 6.22. The third-order valence-corrected chi connectivity index (χ3v) is 3.22. The van der Waals surface area contributed by atoms with Gasteiger partial charge in [0.05, 0.1) is 0 Å². The molecule has 0 spiro atoms. The maximum Gasteiger partial charge on any atom is 0.303 e. The van der Waals surface area contributed by atoms with Crippen molar-refractivity contribution < 1.29 is 9.90 Å². The van der Waals surface area contributed by atoms with Crippen molar-refractivity contribution in [3.8, 4) is 0 Å². The zero-order valence-electron chi connectivity index (χ0n) is 14.0. The topological polar surface area (TPSA) is 37.3 Å². The SMILES string of the molecule is CCCCC/C=C\C/C=C\C/C=C\C/C=[13CH]\[13CH2][13CH2][13CH2][13C](=O)O. The van der Waals surface area contributed by atoms with Gasteiger partial charge in [-0.3, -0.25) is 4.79 Å². The van der Waals surface area contributed by atoms with Gasteiger partial charge in [0.1, 0.15) is 0 Å². The van der Waals surface area contributed by atoms with Crippen LogP contribution in [-0.4, -0.2) is 11.1 Å². The summed E-state index contributed by atoms with van der Waals surface area (Å²) in [5.41, 5.74) is 0. The molecule has 0 aliphatic carbocycles. The van der Waals surface area contributed by atoms with Crippen molar-refractivity contribution in [2.24, 2.45) is 0 Å². The highest BCUT2D eigenvalue weighted by molar-refractivity contribution is 5.66. The Labute approximate surface area is 136 Å². The molecular weight excluding hydrogens is 277 g/mol. The van der Waals surface area contributed by atoms with Gasteiger partial charge in [0.15, 0.2) is 0 Å². The largest absolute Gasteiger partial charge is 0.481 e. The molecule has 0 unspecified atom stereocenters. The molecule has 0 amide bonds. The molecule has 0 radical (unpaired) electrons. The molecule has 124 valence electrons. The summed E-state index contributed by atoms with van der Waals surface area (Å²) >= 11 is 0. The average molecular weight is 309 g/mol. The summed E-state index contributed by atoms with van der Waals surface area (Å²) in [6.07, 6.45) is 27.3. The van der Waals surface area contributed by atoms with E-state index in [1.165, 1.54) is 25.7 Å². The third kappa shape index (κ3) is 18.4. The van der Waals surface area contributed by atoms with Crippen molar-refractivity contribution in [1.29, 1.82) is 0 Å². The Kier molecular flexibility index (Phi) is 16.2. The quantitative estimate of drug-likeness (QED) is 0.235. The van der Waals surface area contributed by atoms with Crippen LogP contribution in [0.3, 0.4) is 0 Å².